The number of nitrogens with two attached hydrogens (primary N) is 1. The topological polar surface area (TPSA) is 129 Å². The van der Waals surface area contributed by atoms with Crippen molar-refractivity contribution in [1.82, 2.24) is 15.2 Å². The van der Waals surface area contributed by atoms with E-state index in [1.165, 1.54) is 6.20 Å². The van der Waals surface area contributed by atoms with E-state index in [-0.39, 0.29) is 5.91 Å². The molecule has 1 saturated heterocycles. The van der Waals surface area contributed by atoms with Crippen LogP contribution in [-0.2, 0) is 9.59 Å². The van der Waals surface area contributed by atoms with Gasteiger partial charge in [-0.3, -0.25) is 14.4 Å². The number of carboxylic acid groups (broad SMARTS) is 1. The van der Waals surface area contributed by atoms with E-state index in [0.717, 1.165) is 0 Å². The predicted molar refractivity (Wildman–Crippen MR) is 91.2 cm³/mol. The third-order valence-corrected chi connectivity index (χ3v) is 4.25. The Bertz CT molecular complexity index is 634. The van der Waals surface area contributed by atoms with Gasteiger partial charge in [0.25, 0.3) is 0 Å². The molecule has 1 atom stereocenters. The first-order valence-corrected chi connectivity index (χ1v) is 8.07. The lowest BCUT2D eigenvalue weighted by atomic mass is 10.1. The van der Waals surface area contributed by atoms with E-state index in [9.17, 15) is 19.5 Å². The van der Waals surface area contributed by atoms with E-state index >= 15 is 0 Å². The number of carboxylic acids is 1. The van der Waals surface area contributed by atoms with Crippen LogP contribution in [-0.4, -0.2) is 72.5 Å². The van der Waals surface area contributed by atoms with E-state index in [2.05, 4.69) is 10.3 Å². The molecule has 2 heterocycles. The number of nitrogens with zero attached hydrogens (tertiary/aromatic N) is 3. The molecule has 1 fully saturated rings. The summed E-state index contributed by atoms with van der Waals surface area (Å²) in [5.41, 5.74) is 5.51. The van der Waals surface area contributed by atoms with Crippen molar-refractivity contribution in [2.24, 2.45) is 11.7 Å². The van der Waals surface area contributed by atoms with Gasteiger partial charge in [0.15, 0.2) is 0 Å². The second-order valence-corrected chi connectivity index (χ2v) is 5.97. The van der Waals surface area contributed by atoms with Crippen molar-refractivity contribution in [3.8, 4) is 0 Å². The van der Waals surface area contributed by atoms with Gasteiger partial charge in [0.05, 0.1) is 11.5 Å². The Labute approximate surface area is 145 Å². The Balaban J connectivity index is 2.09. The first-order valence-electron chi connectivity index (χ1n) is 8.07. The predicted octanol–water partition coefficient (Wildman–Crippen LogP) is -0.861. The summed E-state index contributed by atoms with van der Waals surface area (Å²) in [6.07, 6.45) is 1.72. The zero-order valence-corrected chi connectivity index (χ0v) is 14.1. The largest absolute Gasteiger partial charge is 0.481 e. The molecule has 2 rings (SSSR count). The van der Waals surface area contributed by atoms with E-state index in [1.54, 1.807) is 19.2 Å². The Morgan fingerprint density at radius 1 is 1.32 bits per heavy atom. The fourth-order valence-corrected chi connectivity index (χ4v) is 2.75. The highest BCUT2D eigenvalue weighted by atomic mass is 16.4. The lowest BCUT2D eigenvalue weighted by Gasteiger charge is -2.23. The molecule has 0 spiro atoms. The number of aromatic nitrogens is 1. The molecule has 0 bridgehead atoms. The van der Waals surface area contributed by atoms with Crippen LogP contribution in [0.25, 0.3) is 0 Å². The van der Waals surface area contributed by atoms with Crippen LogP contribution in [0, 0.1) is 5.92 Å². The van der Waals surface area contributed by atoms with Gasteiger partial charge in [0.2, 0.25) is 11.8 Å². The van der Waals surface area contributed by atoms with Crippen LogP contribution in [0.1, 0.15) is 16.8 Å². The van der Waals surface area contributed by atoms with Crippen LogP contribution in [0.15, 0.2) is 18.3 Å². The van der Waals surface area contributed by atoms with Gasteiger partial charge in [0.1, 0.15) is 5.82 Å². The number of carbonyl (C=O) groups is 3. The number of hydrogen-bond acceptors (Lipinski definition) is 6. The van der Waals surface area contributed by atoms with Crippen LogP contribution in [0.3, 0.4) is 0 Å². The van der Waals surface area contributed by atoms with E-state index in [0.29, 0.717) is 50.5 Å². The van der Waals surface area contributed by atoms with Crippen LogP contribution < -0.4 is 16.0 Å². The average molecular weight is 349 g/mol. The van der Waals surface area contributed by atoms with Crippen molar-refractivity contribution in [2.45, 2.75) is 6.42 Å². The molecule has 25 heavy (non-hydrogen) atoms. The standard InChI is InChI=1S/C16H23N5O4/c1-18-14(22)4-5-20-6-7-21(10-12(9-20)16(24)25)13-3-2-11(8-19-13)15(17)23/h2-3,8,12H,4-7,9-10H2,1H3,(H2,17,23)(H,18,22)(H,24,25)/t12-/m1/s1. The van der Waals surface area contributed by atoms with Crippen molar-refractivity contribution in [1.29, 1.82) is 0 Å². The molecular weight excluding hydrogens is 326 g/mol. The molecule has 0 radical (unpaired) electrons. The highest BCUT2D eigenvalue weighted by Gasteiger charge is 2.28. The van der Waals surface area contributed by atoms with E-state index in [1.807, 2.05) is 9.80 Å². The summed E-state index contributed by atoms with van der Waals surface area (Å²) in [7, 11) is 1.58. The monoisotopic (exact) mass is 349 g/mol. The summed E-state index contributed by atoms with van der Waals surface area (Å²) in [6.45, 7) is 2.41. The summed E-state index contributed by atoms with van der Waals surface area (Å²) in [4.78, 5) is 42.2. The molecule has 9 nitrogen and oxygen atoms in total. The number of aliphatic carboxylic acids is 1. The van der Waals surface area contributed by atoms with Crippen LogP contribution in [0.5, 0.6) is 0 Å². The number of carbonyl (C=O) groups excluding carboxylic acids is 2. The van der Waals surface area contributed by atoms with E-state index in [4.69, 9.17) is 5.73 Å². The molecule has 1 aliphatic heterocycles. The smallest absolute Gasteiger partial charge is 0.309 e. The number of rotatable bonds is 6. The number of anilines is 1. The Kier molecular flexibility index (Phi) is 6.29. The Morgan fingerprint density at radius 2 is 2.08 bits per heavy atom. The highest BCUT2D eigenvalue weighted by molar-refractivity contribution is 5.92. The minimum Gasteiger partial charge on any atom is -0.481 e. The number of pyridine rings is 1. The van der Waals surface area contributed by atoms with Gasteiger partial charge in [-0.2, -0.15) is 0 Å². The number of hydrogen-bond donors (Lipinski definition) is 3. The van der Waals surface area contributed by atoms with Gasteiger partial charge >= 0.3 is 5.97 Å². The van der Waals surface area contributed by atoms with Crippen molar-refractivity contribution in [2.75, 3.05) is 44.7 Å². The normalized spacial score (nSPS) is 18.4. The first-order chi connectivity index (χ1) is 11.9. The lowest BCUT2D eigenvalue weighted by Crippen LogP contribution is -2.36. The summed E-state index contributed by atoms with van der Waals surface area (Å²) < 4.78 is 0. The van der Waals surface area contributed by atoms with E-state index < -0.39 is 17.8 Å². The first kappa shape index (κ1) is 18.7. The zero-order chi connectivity index (χ0) is 18.4. The Hall–Kier alpha value is -2.68. The molecule has 1 aromatic rings. The maximum absolute atomic E-state index is 11.6. The number of nitrogens with one attached hydrogen (secondary N) is 1. The molecule has 0 aromatic carbocycles. The third-order valence-electron chi connectivity index (χ3n) is 4.25. The molecule has 2 amide bonds. The fourth-order valence-electron chi connectivity index (χ4n) is 2.75. The van der Waals surface area contributed by atoms with Gasteiger partial charge in [-0.15, -0.1) is 0 Å². The van der Waals surface area contributed by atoms with Crippen LogP contribution >= 0.6 is 0 Å². The van der Waals surface area contributed by atoms with Crippen molar-refractivity contribution in [3.05, 3.63) is 23.9 Å². The van der Waals surface area contributed by atoms with Crippen LogP contribution in [0.4, 0.5) is 5.82 Å². The van der Waals surface area contributed by atoms with Crippen molar-refractivity contribution in [3.63, 3.8) is 0 Å². The van der Waals surface area contributed by atoms with Gasteiger partial charge in [-0.05, 0) is 12.1 Å². The van der Waals surface area contributed by atoms with Gasteiger partial charge in [0, 0.05) is 52.4 Å². The fraction of sp³-hybridized carbons (Fsp3) is 0.500. The Morgan fingerprint density at radius 3 is 2.64 bits per heavy atom. The molecule has 0 saturated carbocycles. The van der Waals surface area contributed by atoms with Crippen LogP contribution in [0.2, 0.25) is 0 Å². The van der Waals surface area contributed by atoms with Crippen molar-refractivity contribution < 1.29 is 19.5 Å². The lowest BCUT2D eigenvalue weighted by molar-refractivity contribution is -0.141. The molecule has 0 aliphatic carbocycles. The quantitative estimate of drug-likeness (QED) is 0.609. The molecule has 0 unspecified atom stereocenters. The average Bonchev–Trinajstić information content (AvgIpc) is 2.82. The minimum absolute atomic E-state index is 0.0725. The zero-order valence-electron chi connectivity index (χ0n) is 14.1. The second-order valence-electron chi connectivity index (χ2n) is 5.97. The molecule has 9 heteroatoms. The SMILES string of the molecule is CNC(=O)CCN1CCN(c2ccc(C(N)=O)cn2)C[C@H](C(=O)O)C1. The summed E-state index contributed by atoms with van der Waals surface area (Å²) in [5.74, 6) is -1.50. The van der Waals surface area contributed by atoms with Gasteiger partial charge in [-0.25, -0.2) is 4.98 Å². The summed E-state index contributed by atoms with van der Waals surface area (Å²) in [6, 6.07) is 3.24. The summed E-state index contributed by atoms with van der Waals surface area (Å²) >= 11 is 0. The molecule has 1 aromatic heterocycles. The molecular formula is C16H23N5O4. The van der Waals surface area contributed by atoms with Gasteiger partial charge < -0.3 is 26.0 Å². The minimum atomic E-state index is -0.884. The molecule has 1 aliphatic rings. The third kappa shape index (κ3) is 5.15. The maximum Gasteiger partial charge on any atom is 0.309 e. The maximum atomic E-state index is 11.6. The molecule has 136 valence electrons. The second kappa shape index (κ2) is 8.43. The molecule has 4 N–H and O–H groups in total. The summed E-state index contributed by atoms with van der Waals surface area (Å²) in [5, 5.41) is 12.0. The van der Waals surface area contributed by atoms with Crippen molar-refractivity contribution >= 4 is 23.6 Å². The highest BCUT2D eigenvalue weighted by Crippen LogP contribution is 2.17. The number of primary amides is 1. The number of amides is 2. The van der Waals surface area contributed by atoms with Gasteiger partial charge in [-0.1, -0.05) is 0 Å².